The molecule has 1 heterocycles. The first-order valence-corrected chi connectivity index (χ1v) is 7.57. The van der Waals surface area contributed by atoms with E-state index in [9.17, 15) is 9.18 Å². The number of aryl methyl sites for hydroxylation is 1. The van der Waals surface area contributed by atoms with Crippen LogP contribution in [0.5, 0.6) is 5.75 Å². The Kier molecular flexibility index (Phi) is 5.68. The molecule has 2 aromatic rings. The molecule has 0 fully saturated rings. The second-order valence-corrected chi connectivity index (χ2v) is 5.91. The molecule has 0 saturated heterocycles. The molecule has 0 saturated carbocycles. The molecule has 0 aliphatic rings. The number of halogens is 1. The van der Waals surface area contributed by atoms with Gasteiger partial charge in [-0.2, -0.15) is 0 Å². The topological polar surface area (TPSA) is 51.2 Å². The summed E-state index contributed by atoms with van der Waals surface area (Å²) < 4.78 is 18.8. The van der Waals surface area contributed by atoms with Crippen LogP contribution in [0.1, 0.15) is 35.5 Å². The second kappa shape index (κ2) is 7.72. The number of pyridine rings is 1. The molecule has 5 heteroatoms. The largest absolute Gasteiger partial charge is 0.489 e. The smallest absolute Gasteiger partial charge is 0.269 e. The molecule has 0 atom stereocenters. The highest BCUT2D eigenvalue weighted by Crippen LogP contribution is 2.17. The van der Waals surface area contributed by atoms with Gasteiger partial charge in [0.25, 0.3) is 5.91 Å². The average Bonchev–Trinajstić information content (AvgIpc) is 2.50. The number of benzene rings is 1. The number of rotatable bonds is 6. The molecule has 1 amide bonds. The number of nitrogens with one attached hydrogen (secondary N) is 1. The number of aromatic nitrogens is 1. The van der Waals surface area contributed by atoms with E-state index in [0.717, 1.165) is 11.1 Å². The van der Waals surface area contributed by atoms with Gasteiger partial charge >= 0.3 is 0 Å². The Bertz CT molecular complexity index is 649. The molecule has 0 bridgehead atoms. The van der Waals surface area contributed by atoms with Crippen molar-refractivity contribution in [3.8, 4) is 5.75 Å². The van der Waals surface area contributed by atoms with E-state index in [0.29, 0.717) is 23.9 Å². The normalized spacial score (nSPS) is 10.7. The van der Waals surface area contributed by atoms with Crippen LogP contribution in [-0.4, -0.2) is 17.4 Å². The summed E-state index contributed by atoms with van der Waals surface area (Å²) in [5.41, 5.74) is 1.98. The Morgan fingerprint density at radius 3 is 2.70 bits per heavy atom. The minimum Gasteiger partial charge on any atom is -0.489 e. The lowest BCUT2D eigenvalue weighted by Crippen LogP contribution is -2.28. The fourth-order valence-corrected chi connectivity index (χ4v) is 1.98. The van der Waals surface area contributed by atoms with Gasteiger partial charge in [-0.15, -0.1) is 0 Å². The van der Waals surface area contributed by atoms with Crippen LogP contribution < -0.4 is 10.1 Å². The summed E-state index contributed by atoms with van der Waals surface area (Å²) >= 11 is 0. The quantitative estimate of drug-likeness (QED) is 0.887. The first-order chi connectivity index (χ1) is 10.9. The van der Waals surface area contributed by atoms with Crippen LogP contribution in [0.3, 0.4) is 0 Å². The van der Waals surface area contributed by atoms with Gasteiger partial charge < -0.3 is 10.1 Å². The van der Waals surface area contributed by atoms with Crippen molar-refractivity contribution in [2.24, 2.45) is 5.92 Å². The molecule has 23 heavy (non-hydrogen) atoms. The second-order valence-electron chi connectivity index (χ2n) is 5.91. The van der Waals surface area contributed by atoms with Gasteiger partial charge in [0.15, 0.2) is 0 Å². The molecule has 0 aliphatic carbocycles. The number of ether oxygens (including phenoxy) is 1. The van der Waals surface area contributed by atoms with Gasteiger partial charge in [-0.25, -0.2) is 4.39 Å². The molecule has 1 aromatic carbocycles. The predicted octanol–water partition coefficient (Wildman–Crippen LogP) is 3.49. The highest BCUT2D eigenvalue weighted by atomic mass is 19.1. The molecule has 4 nitrogen and oxygen atoms in total. The molecule has 0 spiro atoms. The summed E-state index contributed by atoms with van der Waals surface area (Å²) in [7, 11) is 0. The minimum atomic E-state index is -0.324. The van der Waals surface area contributed by atoms with E-state index in [1.807, 2.05) is 20.8 Å². The zero-order valence-corrected chi connectivity index (χ0v) is 13.6. The third kappa shape index (κ3) is 5.36. The van der Waals surface area contributed by atoms with E-state index in [1.54, 1.807) is 24.4 Å². The maximum atomic E-state index is 13.3. The van der Waals surface area contributed by atoms with Crippen LogP contribution in [0.4, 0.5) is 4.39 Å². The molecule has 122 valence electrons. The van der Waals surface area contributed by atoms with Crippen LogP contribution in [0.2, 0.25) is 0 Å². The summed E-state index contributed by atoms with van der Waals surface area (Å²) in [6.45, 7) is 6.75. The fraction of sp³-hybridized carbons (Fsp3) is 0.333. The van der Waals surface area contributed by atoms with Gasteiger partial charge in [0, 0.05) is 24.4 Å². The van der Waals surface area contributed by atoms with E-state index in [1.165, 1.54) is 12.1 Å². The summed E-state index contributed by atoms with van der Waals surface area (Å²) in [5.74, 6) is 0.352. The van der Waals surface area contributed by atoms with Crippen molar-refractivity contribution in [2.75, 3.05) is 6.54 Å². The van der Waals surface area contributed by atoms with Crippen molar-refractivity contribution in [2.45, 2.75) is 27.4 Å². The average molecular weight is 316 g/mol. The van der Waals surface area contributed by atoms with Crippen molar-refractivity contribution in [1.82, 2.24) is 10.3 Å². The van der Waals surface area contributed by atoms with Crippen LogP contribution in [-0.2, 0) is 6.61 Å². The van der Waals surface area contributed by atoms with Gasteiger partial charge in [0.05, 0.1) is 0 Å². The summed E-state index contributed by atoms with van der Waals surface area (Å²) in [4.78, 5) is 16.0. The van der Waals surface area contributed by atoms with Crippen molar-refractivity contribution in [3.63, 3.8) is 0 Å². The van der Waals surface area contributed by atoms with Crippen molar-refractivity contribution < 1.29 is 13.9 Å². The lowest BCUT2D eigenvalue weighted by atomic mass is 10.2. The monoisotopic (exact) mass is 316 g/mol. The fourth-order valence-electron chi connectivity index (χ4n) is 1.98. The molecule has 0 radical (unpaired) electrons. The highest BCUT2D eigenvalue weighted by Gasteiger charge is 2.07. The number of amides is 1. The Morgan fingerprint density at radius 1 is 1.30 bits per heavy atom. The highest BCUT2D eigenvalue weighted by molar-refractivity contribution is 5.92. The summed E-state index contributed by atoms with van der Waals surface area (Å²) in [5, 5.41) is 2.81. The molecular formula is C18H21FN2O2. The van der Waals surface area contributed by atoms with Crippen LogP contribution >= 0.6 is 0 Å². The number of carbonyl (C=O) groups excluding carboxylic acids is 1. The first-order valence-electron chi connectivity index (χ1n) is 7.57. The van der Waals surface area contributed by atoms with Gasteiger partial charge in [-0.1, -0.05) is 19.9 Å². The van der Waals surface area contributed by atoms with Gasteiger partial charge in [-0.3, -0.25) is 9.78 Å². The standard InChI is InChI=1S/C18H21FN2O2/c1-12(2)9-21-18(22)17-5-4-14(10-20-17)11-23-16-7-13(3)6-15(19)8-16/h4-8,10,12H,9,11H2,1-3H3,(H,21,22). The minimum absolute atomic E-state index is 0.188. The number of nitrogens with zero attached hydrogens (tertiary/aromatic N) is 1. The van der Waals surface area contributed by atoms with E-state index in [2.05, 4.69) is 10.3 Å². The molecule has 1 aromatic heterocycles. The summed E-state index contributed by atoms with van der Waals surface area (Å²) in [6.07, 6.45) is 1.59. The van der Waals surface area contributed by atoms with Crippen LogP contribution in [0.15, 0.2) is 36.5 Å². The SMILES string of the molecule is Cc1cc(F)cc(OCc2ccc(C(=O)NCC(C)C)nc2)c1. The van der Waals surface area contributed by atoms with Gasteiger partial charge in [-0.05, 0) is 36.6 Å². The van der Waals surface area contributed by atoms with E-state index in [-0.39, 0.29) is 18.3 Å². The molecule has 0 unspecified atom stereocenters. The molecule has 1 N–H and O–H groups in total. The zero-order chi connectivity index (χ0) is 16.8. The van der Waals surface area contributed by atoms with Crippen LogP contribution in [0.25, 0.3) is 0 Å². The predicted molar refractivity (Wildman–Crippen MR) is 86.9 cm³/mol. The molecular weight excluding hydrogens is 295 g/mol. The van der Waals surface area contributed by atoms with Crippen LogP contribution in [0, 0.1) is 18.7 Å². The third-order valence-electron chi connectivity index (χ3n) is 3.15. The van der Waals surface area contributed by atoms with E-state index in [4.69, 9.17) is 4.74 Å². The molecule has 2 rings (SSSR count). The lowest BCUT2D eigenvalue weighted by Gasteiger charge is -2.09. The Hall–Kier alpha value is -2.43. The first kappa shape index (κ1) is 16.9. The Balaban J connectivity index is 1.93. The van der Waals surface area contributed by atoms with E-state index >= 15 is 0 Å². The maximum absolute atomic E-state index is 13.3. The maximum Gasteiger partial charge on any atom is 0.269 e. The lowest BCUT2D eigenvalue weighted by molar-refractivity contribution is 0.0944. The Morgan fingerprint density at radius 2 is 2.09 bits per heavy atom. The molecule has 0 aliphatic heterocycles. The van der Waals surface area contributed by atoms with Crippen molar-refractivity contribution in [3.05, 3.63) is 59.2 Å². The van der Waals surface area contributed by atoms with Crippen molar-refractivity contribution >= 4 is 5.91 Å². The van der Waals surface area contributed by atoms with Gasteiger partial charge in [0.1, 0.15) is 23.9 Å². The summed E-state index contributed by atoms with van der Waals surface area (Å²) in [6, 6.07) is 7.99. The number of carbonyl (C=O) groups is 1. The van der Waals surface area contributed by atoms with Crippen molar-refractivity contribution in [1.29, 1.82) is 0 Å². The Labute approximate surface area is 135 Å². The third-order valence-corrected chi connectivity index (χ3v) is 3.15. The number of hydrogen-bond acceptors (Lipinski definition) is 3. The van der Waals surface area contributed by atoms with Gasteiger partial charge in [0.2, 0.25) is 0 Å². The zero-order valence-electron chi connectivity index (χ0n) is 13.6. The number of hydrogen-bond donors (Lipinski definition) is 1. The van der Waals surface area contributed by atoms with E-state index < -0.39 is 0 Å².